The van der Waals surface area contributed by atoms with E-state index in [1.807, 2.05) is 25.1 Å². The molecule has 1 aliphatic heterocycles. The standard InChI is InChI=1S/C25H26FN9O/c1-32-9-10-34(19(13-26)16-32)24-12-21(25(36)28-15-18-5-3-17(14-27)4-6-18)30-23-11-20(31-35(23)24)22-7-8-29-33(22)2/h3-8,11-12,19H,9-10,13,15-16H2,1-2H3,(H,28,36)/t19-/m1/s1. The molecular formula is C25H26FN9O. The molecule has 1 fully saturated rings. The zero-order chi connectivity index (χ0) is 25.2. The zero-order valence-electron chi connectivity index (χ0n) is 20.1. The van der Waals surface area contributed by atoms with Crippen LogP contribution in [0.2, 0.25) is 0 Å². The number of hydrogen-bond donors (Lipinski definition) is 1. The number of likely N-dealkylation sites (N-methyl/N-ethyl adjacent to an activating group) is 1. The number of aryl methyl sites for hydroxylation is 1. The molecule has 1 saturated heterocycles. The Morgan fingerprint density at radius 1 is 1.19 bits per heavy atom. The van der Waals surface area contributed by atoms with Crippen molar-refractivity contribution >= 4 is 17.4 Å². The van der Waals surface area contributed by atoms with Gasteiger partial charge in [-0.25, -0.2) is 9.37 Å². The van der Waals surface area contributed by atoms with Crippen LogP contribution < -0.4 is 10.2 Å². The fourth-order valence-electron chi connectivity index (χ4n) is 4.44. The zero-order valence-corrected chi connectivity index (χ0v) is 20.1. The van der Waals surface area contributed by atoms with Crippen LogP contribution in [0.5, 0.6) is 0 Å². The van der Waals surface area contributed by atoms with E-state index in [4.69, 9.17) is 10.4 Å². The van der Waals surface area contributed by atoms with Crippen LogP contribution in [0.4, 0.5) is 10.2 Å². The van der Waals surface area contributed by atoms with Crippen molar-refractivity contribution in [3.8, 4) is 17.5 Å². The topological polar surface area (TPSA) is 107 Å². The Morgan fingerprint density at radius 3 is 2.69 bits per heavy atom. The van der Waals surface area contributed by atoms with E-state index >= 15 is 0 Å². The van der Waals surface area contributed by atoms with Crippen molar-refractivity contribution in [1.29, 1.82) is 5.26 Å². The second-order valence-corrected chi connectivity index (χ2v) is 8.89. The summed E-state index contributed by atoms with van der Waals surface area (Å²) < 4.78 is 17.5. The molecule has 0 radical (unpaired) electrons. The van der Waals surface area contributed by atoms with E-state index in [0.717, 1.165) is 17.8 Å². The van der Waals surface area contributed by atoms with Gasteiger partial charge in [0.15, 0.2) is 5.65 Å². The number of amides is 1. The first-order valence-electron chi connectivity index (χ1n) is 11.6. The molecule has 3 aromatic heterocycles. The van der Waals surface area contributed by atoms with Crippen LogP contribution in [-0.2, 0) is 13.6 Å². The third kappa shape index (κ3) is 4.50. The van der Waals surface area contributed by atoms with Crippen LogP contribution >= 0.6 is 0 Å². The number of carbonyl (C=O) groups is 1. The maximum absolute atomic E-state index is 14.1. The smallest absolute Gasteiger partial charge is 0.270 e. The van der Waals surface area contributed by atoms with Gasteiger partial charge in [0.2, 0.25) is 0 Å². The summed E-state index contributed by atoms with van der Waals surface area (Å²) in [7, 11) is 3.80. The van der Waals surface area contributed by atoms with Gasteiger partial charge in [0.05, 0.1) is 23.4 Å². The summed E-state index contributed by atoms with van der Waals surface area (Å²) in [5, 5.41) is 20.8. The van der Waals surface area contributed by atoms with E-state index in [9.17, 15) is 9.18 Å². The van der Waals surface area contributed by atoms with Gasteiger partial charge in [0.1, 0.15) is 23.9 Å². The third-order valence-electron chi connectivity index (χ3n) is 6.42. The normalized spacial score (nSPS) is 16.3. The van der Waals surface area contributed by atoms with Crippen molar-refractivity contribution in [3.05, 3.63) is 65.5 Å². The van der Waals surface area contributed by atoms with Gasteiger partial charge in [-0.1, -0.05) is 12.1 Å². The van der Waals surface area contributed by atoms with E-state index in [1.165, 1.54) is 0 Å². The van der Waals surface area contributed by atoms with Gasteiger partial charge in [0, 0.05) is 51.6 Å². The average molecular weight is 488 g/mol. The number of halogens is 1. The summed E-state index contributed by atoms with van der Waals surface area (Å²) in [6.07, 6.45) is 1.69. The van der Waals surface area contributed by atoms with Crippen LogP contribution in [0.1, 0.15) is 21.6 Å². The number of nitrogens with zero attached hydrogens (tertiary/aromatic N) is 8. The van der Waals surface area contributed by atoms with Gasteiger partial charge in [-0.05, 0) is 30.8 Å². The predicted molar refractivity (Wildman–Crippen MR) is 132 cm³/mol. The number of hydrogen-bond acceptors (Lipinski definition) is 7. The Labute approximate surface area is 207 Å². The largest absolute Gasteiger partial charge is 0.348 e. The van der Waals surface area contributed by atoms with Crippen LogP contribution in [-0.4, -0.2) is 74.6 Å². The number of piperazine rings is 1. The summed E-state index contributed by atoms with van der Waals surface area (Å²) in [4.78, 5) is 21.8. The van der Waals surface area contributed by atoms with Crippen molar-refractivity contribution in [2.24, 2.45) is 7.05 Å². The number of anilines is 1. The van der Waals surface area contributed by atoms with E-state index in [2.05, 4.69) is 26.4 Å². The summed E-state index contributed by atoms with van der Waals surface area (Å²) in [5.74, 6) is 0.269. The fraction of sp³-hybridized carbons (Fsp3) is 0.320. The van der Waals surface area contributed by atoms with Gasteiger partial charge in [-0.3, -0.25) is 9.48 Å². The molecule has 184 valence electrons. The first kappa shape index (κ1) is 23.4. The van der Waals surface area contributed by atoms with Gasteiger partial charge < -0.3 is 15.1 Å². The monoisotopic (exact) mass is 487 g/mol. The van der Waals surface area contributed by atoms with E-state index in [-0.39, 0.29) is 24.2 Å². The molecule has 1 atom stereocenters. The average Bonchev–Trinajstić information content (AvgIpc) is 3.52. The maximum atomic E-state index is 14.1. The summed E-state index contributed by atoms with van der Waals surface area (Å²) in [6, 6.07) is 14.1. The first-order chi connectivity index (χ1) is 17.5. The van der Waals surface area contributed by atoms with Gasteiger partial charge in [0.25, 0.3) is 5.91 Å². The molecule has 10 nitrogen and oxygen atoms in total. The Balaban J connectivity index is 1.51. The molecule has 0 aliphatic carbocycles. The molecule has 0 bridgehead atoms. The molecule has 1 N–H and O–H groups in total. The van der Waals surface area contributed by atoms with Gasteiger partial charge in [-0.2, -0.15) is 20.0 Å². The second kappa shape index (κ2) is 9.75. The van der Waals surface area contributed by atoms with Crippen molar-refractivity contribution < 1.29 is 9.18 Å². The lowest BCUT2D eigenvalue weighted by atomic mass is 10.1. The highest BCUT2D eigenvalue weighted by Crippen LogP contribution is 2.26. The lowest BCUT2D eigenvalue weighted by molar-refractivity contribution is 0.0946. The minimum absolute atomic E-state index is 0.221. The molecule has 36 heavy (non-hydrogen) atoms. The molecule has 4 aromatic rings. The lowest BCUT2D eigenvalue weighted by Gasteiger charge is -2.40. The second-order valence-electron chi connectivity index (χ2n) is 8.89. The Hall–Kier alpha value is -4.30. The molecule has 4 heterocycles. The number of alkyl halides is 1. The fourth-order valence-corrected chi connectivity index (χ4v) is 4.44. The molecule has 5 rings (SSSR count). The lowest BCUT2D eigenvalue weighted by Crippen LogP contribution is -2.53. The number of aromatic nitrogens is 5. The van der Waals surface area contributed by atoms with E-state index in [0.29, 0.717) is 35.8 Å². The molecule has 0 unspecified atom stereocenters. The van der Waals surface area contributed by atoms with Gasteiger partial charge >= 0.3 is 0 Å². The molecule has 1 aromatic carbocycles. The highest BCUT2D eigenvalue weighted by molar-refractivity contribution is 5.93. The van der Waals surface area contributed by atoms with Crippen LogP contribution in [0, 0.1) is 11.3 Å². The predicted octanol–water partition coefficient (Wildman–Crippen LogP) is 2.02. The van der Waals surface area contributed by atoms with E-state index in [1.54, 1.807) is 51.8 Å². The van der Waals surface area contributed by atoms with Crippen LogP contribution in [0.25, 0.3) is 17.0 Å². The van der Waals surface area contributed by atoms with E-state index < -0.39 is 6.67 Å². The minimum atomic E-state index is -0.524. The molecule has 0 saturated carbocycles. The number of fused-ring (bicyclic) bond motifs is 1. The number of carbonyl (C=O) groups excluding carboxylic acids is 1. The Kier molecular flexibility index (Phi) is 6.35. The number of nitrogens with one attached hydrogen (secondary N) is 1. The number of rotatable bonds is 6. The summed E-state index contributed by atoms with van der Waals surface area (Å²) in [5.41, 5.74) is 3.59. The Morgan fingerprint density at radius 2 is 2.00 bits per heavy atom. The summed E-state index contributed by atoms with van der Waals surface area (Å²) >= 11 is 0. The van der Waals surface area contributed by atoms with Crippen molar-refractivity contribution in [3.63, 3.8) is 0 Å². The number of benzene rings is 1. The van der Waals surface area contributed by atoms with Crippen LogP contribution in [0.3, 0.4) is 0 Å². The molecule has 1 aliphatic rings. The molecular weight excluding hydrogens is 461 g/mol. The quantitative estimate of drug-likeness (QED) is 0.443. The SMILES string of the molecule is CN1CCN(c2cc(C(=O)NCc3ccc(C#N)cc3)nc3cc(-c4ccnn4C)nn23)[C@H](CF)C1. The third-order valence-corrected chi connectivity index (χ3v) is 6.42. The Bertz CT molecular complexity index is 1440. The molecule has 11 heteroatoms. The molecule has 1 amide bonds. The summed E-state index contributed by atoms with van der Waals surface area (Å²) in [6.45, 7) is 1.68. The molecule has 0 spiro atoms. The highest BCUT2D eigenvalue weighted by atomic mass is 19.1. The minimum Gasteiger partial charge on any atom is -0.348 e. The number of nitriles is 1. The first-order valence-corrected chi connectivity index (χ1v) is 11.6. The van der Waals surface area contributed by atoms with Gasteiger partial charge in [-0.15, -0.1) is 0 Å². The van der Waals surface area contributed by atoms with Crippen molar-refractivity contribution in [1.82, 2.24) is 34.6 Å². The highest BCUT2D eigenvalue weighted by Gasteiger charge is 2.29. The van der Waals surface area contributed by atoms with Crippen LogP contribution in [0.15, 0.2) is 48.7 Å². The van der Waals surface area contributed by atoms with Crippen molar-refractivity contribution in [2.45, 2.75) is 12.6 Å². The maximum Gasteiger partial charge on any atom is 0.270 e. The van der Waals surface area contributed by atoms with Crippen molar-refractivity contribution in [2.75, 3.05) is 38.3 Å².